The summed E-state index contributed by atoms with van der Waals surface area (Å²) in [6, 6.07) is 0. The Morgan fingerprint density at radius 2 is 1.92 bits per heavy atom. The first-order chi connectivity index (χ1) is 5.31. The molecule has 0 radical (unpaired) electrons. The van der Waals surface area contributed by atoms with Crippen molar-refractivity contribution in [1.82, 2.24) is 0 Å². The Morgan fingerprint density at radius 1 is 1.42 bits per heavy atom. The predicted octanol–water partition coefficient (Wildman–Crippen LogP) is 0.876. The normalized spacial score (nSPS) is 12.5. The van der Waals surface area contributed by atoms with E-state index in [2.05, 4.69) is 10.6 Å². The van der Waals surface area contributed by atoms with Gasteiger partial charge in [0.25, 0.3) is 0 Å². The summed E-state index contributed by atoms with van der Waals surface area (Å²) < 4.78 is 58.2. The van der Waals surface area contributed by atoms with E-state index in [1.54, 1.807) is 0 Å². The van der Waals surface area contributed by atoms with Gasteiger partial charge in [0.05, 0.1) is 6.61 Å². The van der Waals surface area contributed by atoms with Crippen LogP contribution in [0.25, 0.3) is 0 Å². The number of rotatable bonds is 3. The van der Waals surface area contributed by atoms with Crippen LogP contribution in [0.15, 0.2) is 0 Å². The lowest BCUT2D eigenvalue weighted by Gasteiger charge is -2.06. The van der Waals surface area contributed by atoms with Crippen molar-refractivity contribution in [2.45, 2.75) is 11.9 Å². The highest BCUT2D eigenvalue weighted by Gasteiger charge is 2.47. The van der Waals surface area contributed by atoms with Gasteiger partial charge < -0.3 is 0 Å². The highest BCUT2D eigenvalue weighted by atomic mass is 32.2. The second kappa shape index (κ2) is 3.78. The molecule has 0 amide bonds. The minimum absolute atomic E-state index is 0.185. The lowest BCUT2D eigenvalue weighted by molar-refractivity contribution is -0.0540. The molecule has 0 bridgehead atoms. The number of alkyl halides is 3. The SMILES string of the molecule is C#CCCOS(=O)(=O)C(F)(F)F. The highest BCUT2D eigenvalue weighted by Crippen LogP contribution is 2.24. The van der Waals surface area contributed by atoms with Gasteiger partial charge >= 0.3 is 15.6 Å². The van der Waals surface area contributed by atoms with Gasteiger partial charge in [-0.2, -0.15) is 21.6 Å². The van der Waals surface area contributed by atoms with Crippen molar-refractivity contribution in [3.63, 3.8) is 0 Å². The Balaban J connectivity index is 4.19. The molecule has 0 aliphatic carbocycles. The first-order valence-electron chi connectivity index (χ1n) is 2.70. The van der Waals surface area contributed by atoms with Gasteiger partial charge in [-0.15, -0.1) is 12.3 Å². The Hall–Kier alpha value is -0.740. The van der Waals surface area contributed by atoms with Gasteiger partial charge in [-0.3, -0.25) is 4.18 Å². The molecule has 3 nitrogen and oxygen atoms in total. The lowest BCUT2D eigenvalue weighted by atomic mass is 10.5. The second-order valence-corrected chi connectivity index (χ2v) is 3.28. The maximum atomic E-state index is 11.5. The zero-order valence-corrected chi connectivity index (χ0v) is 6.57. The third-order valence-corrected chi connectivity index (χ3v) is 1.81. The Kier molecular flexibility index (Phi) is 3.55. The van der Waals surface area contributed by atoms with Gasteiger partial charge in [0.2, 0.25) is 0 Å². The molecule has 0 saturated carbocycles. The van der Waals surface area contributed by atoms with Gasteiger partial charge in [0.1, 0.15) is 0 Å². The molecule has 0 aliphatic rings. The zero-order chi connectivity index (χ0) is 9.83. The largest absolute Gasteiger partial charge is 0.523 e. The molecule has 0 aromatic heterocycles. The number of terminal acetylenes is 1. The van der Waals surface area contributed by atoms with Crippen molar-refractivity contribution < 1.29 is 25.8 Å². The standard InChI is InChI=1S/C5H5F3O3S/c1-2-3-4-11-12(9,10)5(6,7)8/h1H,3-4H2. The summed E-state index contributed by atoms with van der Waals surface area (Å²) in [4.78, 5) is 0. The molecule has 0 aliphatic heterocycles. The van der Waals surface area contributed by atoms with Gasteiger partial charge in [-0.05, 0) is 0 Å². The molecule has 7 heteroatoms. The maximum absolute atomic E-state index is 11.5. The van der Waals surface area contributed by atoms with E-state index in [0.717, 1.165) is 0 Å². The van der Waals surface area contributed by atoms with Crippen molar-refractivity contribution in [1.29, 1.82) is 0 Å². The molecule has 70 valence electrons. The summed E-state index contributed by atoms with van der Waals surface area (Å²) in [5.41, 5.74) is -5.37. The molecule has 0 N–H and O–H groups in total. The fraction of sp³-hybridized carbons (Fsp3) is 0.600. The van der Waals surface area contributed by atoms with E-state index in [0.29, 0.717) is 0 Å². The van der Waals surface area contributed by atoms with Crippen molar-refractivity contribution in [3.8, 4) is 12.3 Å². The average molecular weight is 202 g/mol. The number of halogens is 3. The Labute approximate surface area is 67.6 Å². The average Bonchev–Trinajstić information content (AvgIpc) is 1.85. The zero-order valence-electron chi connectivity index (χ0n) is 5.76. The lowest BCUT2D eigenvalue weighted by Crippen LogP contribution is -2.25. The first kappa shape index (κ1) is 11.3. The summed E-state index contributed by atoms with van der Waals surface area (Å²) in [5.74, 6) is 1.93. The smallest absolute Gasteiger partial charge is 0.262 e. The van der Waals surface area contributed by atoms with Crippen LogP contribution in [-0.2, 0) is 14.3 Å². The van der Waals surface area contributed by atoms with Crippen LogP contribution in [0.1, 0.15) is 6.42 Å². The second-order valence-electron chi connectivity index (χ2n) is 1.68. The Morgan fingerprint density at radius 3 is 2.25 bits per heavy atom. The maximum Gasteiger partial charge on any atom is 0.523 e. The van der Waals surface area contributed by atoms with Gasteiger partial charge in [0.15, 0.2) is 0 Å². The molecule has 0 rings (SSSR count). The number of hydrogen-bond donors (Lipinski definition) is 0. The highest BCUT2D eigenvalue weighted by molar-refractivity contribution is 7.87. The van der Waals surface area contributed by atoms with Crippen molar-refractivity contribution in [2.24, 2.45) is 0 Å². The summed E-state index contributed by atoms with van der Waals surface area (Å²) in [7, 11) is -5.47. The monoisotopic (exact) mass is 202 g/mol. The fourth-order valence-corrected chi connectivity index (χ4v) is 0.713. The topological polar surface area (TPSA) is 43.4 Å². The van der Waals surface area contributed by atoms with Crippen LogP contribution in [0.4, 0.5) is 13.2 Å². The van der Waals surface area contributed by atoms with E-state index in [4.69, 9.17) is 0 Å². The number of hydrogen-bond acceptors (Lipinski definition) is 3. The summed E-state index contributed by atoms with van der Waals surface area (Å²) in [5, 5.41) is 0. The molecule has 0 unspecified atom stereocenters. The molecule has 0 fully saturated rings. The molecule has 0 spiro atoms. The molecule has 0 atom stereocenters. The van der Waals surface area contributed by atoms with Crippen molar-refractivity contribution in [3.05, 3.63) is 0 Å². The van der Waals surface area contributed by atoms with Crippen LogP contribution in [0.2, 0.25) is 0 Å². The summed E-state index contributed by atoms with van der Waals surface area (Å²) in [6.45, 7) is -0.654. The summed E-state index contributed by atoms with van der Waals surface area (Å²) in [6.07, 6.45) is 4.48. The molecule has 0 aromatic rings. The van der Waals surface area contributed by atoms with E-state index in [9.17, 15) is 21.6 Å². The first-order valence-corrected chi connectivity index (χ1v) is 4.11. The third kappa shape index (κ3) is 3.11. The van der Waals surface area contributed by atoms with Crippen LogP contribution >= 0.6 is 0 Å². The van der Waals surface area contributed by atoms with Crippen LogP contribution in [0, 0.1) is 12.3 Å². The quantitative estimate of drug-likeness (QED) is 0.295. The van der Waals surface area contributed by atoms with Gasteiger partial charge in [-0.1, -0.05) is 0 Å². The van der Waals surface area contributed by atoms with E-state index in [1.165, 1.54) is 0 Å². The van der Waals surface area contributed by atoms with Crippen LogP contribution in [-0.4, -0.2) is 20.5 Å². The van der Waals surface area contributed by atoms with E-state index >= 15 is 0 Å². The van der Waals surface area contributed by atoms with Crippen molar-refractivity contribution >= 4 is 10.1 Å². The van der Waals surface area contributed by atoms with Crippen LogP contribution < -0.4 is 0 Å². The van der Waals surface area contributed by atoms with E-state index < -0.39 is 22.2 Å². The minimum atomic E-state index is -5.47. The van der Waals surface area contributed by atoms with Crippen molar-refractivity contribution in [2.75, 3.05) is 6.61 Å². The van der Waals surface area contributed by atoms with Crippen LogP contribution in [0.3, 0.4) is 0 Å². The third-order valence-electron chi connectivity index (χ3n) is 0.768. The van der Waals surface area contributed by atoms with Crippen LogP contribution in [0.5, 0.6) is 0 Å². The Bertz CT molecular complexity index is 271. The molecule has 12 heavy (non-hydrogen) atoms. The molecule has 0 aromatic carbocycles. The molecular formula is C5H5F3O3S. The molecule has 0 heterocycles. The minimum Gasteiger partial charge on any atom is -0.262 e. The summed E-state index contributed by atoms with van der Waals surface area (Å²) >= 11 is 0. The fourth-order valence-electron chi connectivity index (χ4n) is 0.277. The molecule has 0 saturated heterocycles. The predicted molar refractivity (Wildman–Crippen MR) is 34.4 cm³/mol. The van der Waals surface area contributed by atoms with E-state index in [1.807, 2.05) is 5.92 Å². The van der Waals surface area contributed by atoms with Gasteiger partial charge in [-0.25, -0.2) is 0 Å². The van der Waals surface area contributed by atoms with E-state index in [-0.39, 0.29) is 6.42 Å². The molecular weight excluding hydrogens is 197 g/mol. The van der Waals surface area contributed by atoms with Gasteiger partial charge in [0, 0.05) is 6.42 Å².